The fourth-order valence-corrected chi connectivity index (χ4v) is 2.51. The molecule has 0 saturated heterocycles. The number of phenols is 1. The Labute approximate surface area is 115 Å². The Morgan fingerprint density at radius 3 is 2.90 bits per heavy atom. The molecule has 3 nitrogen and oxygen atoms in total. The molecule has 0 aromatic heterocycles. The van der Waals surface area contributed by atoms with Gasteiger partial charge in [0.05, 0.1) is 6.61 Å². The van der Waals surface area contributed by atoms with Crippen molar-refractivity contribution in [1.82, 2.24) is 5.32 Å². The summed E-state index contributed by atoms with van der Waals surface area (Å²) in [5.41, 5.74) is 2.22. The van der Waals surface area contributed by atoms with Gasteiger partial charge < -0.3 is 15.2 Å². The first-order valence-electron chi connectivity index (χ1n) is 6.65. The van der Waals surface area contributed by atoms with Gasteiger partial charge in [0.15, 0.2) is 0 Å². The van der Waals surface area contributed by atoms with Crippen LogP contribution in [0.5, 0.6) is 5.75 Å². The molecule has 0 radical (unpaired) electrons. The minimum absolute atomic E-state index is 0.0312. The highest BCUT2D eigenvalue weighted by Crippen LogP contribution is 2.31. The molecule has 1 aliphatic rings. The van der Waals surface area contributed by atoms with Crippen LogP contribution in [0.25, 0.3) is 0 Å². The smallest absolute Gasteiger partial charge is 0.411 e. The lowest BCUT2D eigenvalue weighted by atomic mass is 9.87. The van der Waals surface area contributed by atoms with Crippen LogP contribution in [0.3, 0.4) is 0 Å². The van der Waals surface area contributed by atoms with Gasteiger partial charge in [-0.3, -0.25) is 0 Å². The van der Waals surface area contributed by atoms with Crippen molar-refractivity contribution in [2.75, 3.05) is 19.8 Å². The van der Waals surface area contributed by atoms with E-state index < -0.39 is 12.8 Å². The summed E-state index contributed by atoms with van der Waals surface area (Å²) in [6, 6.07) is 5.38. The number of rotatable bonds is 5. The zero-order valence-corrected chi connectivity index (χ0v) is 11.0. The Kier molecular flexibility index (Phi) is 4.88. The maximum absolute atomic E-state index is 11.9. The number of hydrogen-bond donors (Lipinski definition) is 2. The Morgan fingerprint density at radius 2 is 2.15 bits per heavy atom. The molecule has 1 atom stereocenters. The molecule has 20 heavy (non-hydrogen) atoms. The summed E-state index contributed by atoms with van der Waals surface area (Å²) in [6.07, 6.45) is -1.41. The van der Waals surface area contributed by atoms with E-state index in [4.69, 9.17) is 0 Å². The molecule has 2 rings (SSSR count). The van der Waals surface area contributed by atoms with Crippen LogP contribution in [0.2, 0.25) is 0 Å². The van der Waals surface area contributed by atoms with Crippen molar-refractivity contribution in [3.63, 3.8) is 0 Å². The number of nitrogens with one attached hydrogen (secondary N) is 1. The third-order valence-electron chi connectivity index (χ3n) is 3.34. The van der Waals surface area contributed by atoms with Gasteiger partial charge in [-0.05, 0) is 42.5 Å². The quantitative estimate of drug-likeness (QED) is 0.819. The molecule has 1 unspecified atom stereocenters. The van der Waals surface area contributed by atoms with Crippen LogP contribution >= 0.6 is 0 Å². The molecule has 0 amide bonds. The van der Waals surface area contributed by atoms with E-state index in [9.17, 15) is 18.3 Å². The van der Waals surface area contributed by atoms with E-state index in [0.717, 1.165) is 30.4 Å². The van der Waals surface area contributed by atoms with Crippen LogP contribution in [0.15, 0.2) is 18.2 Å². The molecule has 0 aliphatic heterocycles. The number of benzene rings is 1. The number of halogens is 3. The Hall–Kier alpha value is -1.27. The van der Waals surface area contributed by atoms with E-state index in [1.165, 1.54) is 0 Å². The van der Waals surface area contributed by atoms with Crippen LogP contribution in [0, 0.1) is 0 Å². The summed E-state index contributed by atoms with van der Waals surface area (Å²) >= 11 is 0. The van der Waals surface area contributed by atoms with Gasteiger partial charge in [-0.1, -0.05) is 6.07 Å². The molecule has 6 heteroatoms. The van der Waals surface area contributed by atoms with Crippen LogP contribution in [0.1, 0.15) is 30.0 Å². The lowest BCUT2D eigenvalue weighted by Gasteiger charge is -2.26. The van der Waals surface area contributed by atoms with Crippen molar-refractivity contribution in [2.45, 2.75) is 31.5 Å². The van der Waals surface area contributed by atoms with Crippen molar-refractivity contribution in [3.8, 4) is 5.75 Å². The van der Waals surface area contributed by atoms with Crippen LogP contribution in [0.4, 0.5) is 13.2 Å². The number of phenolic OH excluding ortho intramolecular Hbond substituents is 1. The molecule has 0 fully saturated rings. The predicted molar refractivity (Wildman–Crippen MR) is 68.7 cm³/mol. The normalized spacial score (nSPS) is 18.9. The number of hydrogen-bond acceptors (Lipinski definition) is 3. The van der Waals surface area contributed by atoms with E-state index in [1.807, 2.05) is 6.07 Å². The summed E-state index contributed by atoms with van der Waals surface area (Å²) in [4.78, 5) is 0. The van der Waals surface area contributed by atoms with Gasteiger partial charge >= 0.3 is 6.18 Å². The lowest BCUT2D eigenvalue weighted by molar-refractivity contribution is -0.173. The van der Waals surface area contributed by atoms with Crippen molar-refractivity contribution in [2.24, 2.45) is 0 Å². The molecule has 112 valence electrons. The molecule has 2 N–H and O–H groups in total. The maximum Gasteiger partial charge on any atom is 0.411 e. The predicted octanol–water partition coefficient (Wildman–Crippen LogP) is 2.94. The highest BCUT2D eigenvalue weighted by Gasteiger charge is 2.27. The molecule has 1 aliphatic carbocycles. The summed E-state index contributed by atoms with van der Waals surface area (Å²) < 4.78 is 40.3. The summed E-state index contributed by atoms with van der Waals surface area (Å²) in [5.74, 6) is 0.248. The molecule has 0 saturated carbocycles. The number of aromatic hydroxyl groups is 1. The zero-order chi connectivity index (χ0) is 14.6. The molecule has 0 bridgehead atoms. The minimum Gasteiger partial charge on any atom is -0.508 e. The third kappa shape index (κ3) is 4.38. The van der Waals surface area contributed by atoms with E-state index in [2.05, 4.69) is 10.1 Å². The van der Waals surface area contributed by atoms with Gasteiger partial charge in [0.25, 0.3) is 0 Å². The Bertz CT molecular complexity index is 449. The first-order valence-corrected chi connectivity index (χ1v) is 6.65. The second kappa shape index (κ2) is 6.45. The number of aryl methyl sites for hydroxylation is 1. The number of alkyl halides is 3. The monoisotopic (exact) mass is 289 g/mol. The fourth-order valence-electron chi connectivity index (χ4n) is 2.51. The number of fused-ring (bicyclic) bond motifs is 1. The zero-order valence-electron chi connectivity index (χ0n) is 11.0. The van der Waals surface area contributed by atoms with Gasteiger partial charge in [-0.2, -0.15) is 13.2 Å². The molecule has 1 aromatic carbocycles. The van der Waals surface area contributed by atoms with Crippen LogP contribution < -0.4 is 5.32 Å². The SMILES string of the molecule is Oc1ccc2c(c1)CCCC2NCCOCC(F)(F)F. The van der Waals surface area contributed by atoms with Crippen molar-refractivity contribution >= 4 is 0 Å². The van der Waals surface area contributed by atoms with Gasteiger partial charge in [0, 0.05) is 12.6 Å². The van der Waals surface area contributed by atoms with Gasteiger partial charge in [0.2, 0.25) is 0 Å². The largest absolute Gasteiger partial charge is 0.508 e. The van der Waals surface area contributed by atoms with E-state index in [1.54, 1.807) is 12.1 Å². The van der Waals surface area contributed by atoms with E-state index in [-0.39, 0.29) is 18.4 Å². The van der Waals surface area contributed by atoms with Crippen molar-refractivity contribution < 1.29 is 23.0 Å². The molecule has 1 aromatic rings. The van der Waals surface area contributed by atoms with Gasteiger partial charge in [0.1, 0.15) is 12.4 Å². The van der Waals surface area contributed by atoms with Crippen molar-refractivity contribution in [3.05, 3.63) is 29.3 Å². The van der Waals surface area contributed by atoms with Gasteiger partial charge in [-0.15, -0.1) is 0 Å². The maximum atomic E-state index is 11.9. The standard InChI is InChI=1S/C14H18F3NO2/c15-14(16,17)9-20-7-6-18-13-3-1-2-10-8-11(19)4-5-12(10)13/h4-5,8,13,18-19H,1-3,6-7,9H2. The second-order valence-corrected chi connectivity index (χ2v) is 4.95. The topological polar surface area (TPSA) is 41.5 Å². The molecular weight excluding hydrogens is 271 g/mol. The van der Waals surface area contributed by atoms with E-state index in [0.29, 0.717) is 6.54 Å². The Balaban J connectivity index is 1.80. The lowest BCUT2D eigenvalue weighted by Crippen LogP contribution is -2.29. The second-order valence-electron chi connectivity index (χ2n) is 4.95. The van der Waals surface area contributed by atoms with Gasteiger partial charge in [-0.25, -0.2) is 0 Å². The summed E-state index contributed by atoms with van der Waals surface area (Å²) in [7, 11) is 0. The van der Waals surface area contributed by atoms with Crippen molar-refractivity contribution in [1.29, 1.82) is 0 Å². The molecular formula is C14H18F3NO2. The summed E-state index contributed by atoms with van der Waals surface area (Å²) in [5, 5.41) is 12.7. The van der Waals surface area contributed by atoms with Crippen LogP contribution in [-0.2, 0) is 11.2 Å². The average Bonchev–Trinajstić information content (AvgIpc) is 2.36. The fraction of sp³-hybridized carbons (Fsp3) is 0.571. The third-order valence-corrected chi connectivity index (χ3v) is 3.34. The van der Waals surface area contributed by atoms with Crippen LogP contribution in [-0.4, -0.2) is 31.0 Å². The summed E-state index contributed by atoms with van der Waals surface area (Å²) in [6.45, 7) is -0.797. The number of ether oxygens (including phenoxy) is 1. The highest BCUT2D eigenvalue weighted by atomic mass is 19.4. The van der Waals surface area contributed by atoms with E-state index >= 15 is 0 Å². The first-order chi connectivity index (χ1) is 9.46. The molecule has 0 spiro atoms. The highest BCUT2D eigenvalue weighted by molar-refractivity contribution is 5.38. The minimum atomic E-state index is -4.27. The first kappa shape index (κ1) is 15.1. The molecule has 0 heterocycles. The Morgan fingerprint density at radius 1 is 1.35 bits per heavy atom. The average molecular weight is 289 g/mol.